The predicted octanol–water partition coefficient (Wildman–Crippen LogP) is 5.82. The molecule has 0 unspecified atom stereocenters. The molecule has 0 saturated heterocycles. The van der Waals surface area contributed by atoms with Gasteiger partial charge in [-0.05, 0) is 60.2 Å². The summed E-state index contributed by atoms with van der Waals surface area (Å²) in [6, 6.07) is 12.1. The standard InChI is InChI=1S/C27H32N2O3/c1-18-8-11-23(27(3,4)5)26(14-18)32-17-21-15-20(10-13-25(21)31-7)9-12-24(30)22-16-29(6)28-19(22)2/h8-16H,17H2,1-7H3/b12-9+. The molecular formula is C27H32N2O3. The first-order valence-corrected chi connectivity index (χ1v) is 10.7. The fourth-order valence-corrected chi connectivity index (χ4v) is 3.64. The molecule has 1 aromatic heterocycles. The molecule has 32 heavy (non-hydrogen) atoms. The number of ether oxygens (including phenoxy) is 2. The Kier molecular flexibility index (Phi) is 6.87. The van der Waals surface area contributed by atoms with Crippen molar-refractivity contribution in [3.63, 3.8) is 0 Å². The molecule has 2 aromatic carbocycles. The van der Waals surface area contributed by atoms with Crippen molar-refractivity contribution in [2.45, 2.75) is 46.6 Å². The van der Waals surface area contributed by atoms with Gasteiger partial charge in [-0.1, -0.05) is 45.0 Å². The number of carbonyl (C=O) groups is 1. The van der Waals surface area contributed by atoms with E-state index in [2.05, 4.69) is 51.0 Å². The number of hydrogen-bond acceptors (Lipinski definition) is 4. The van der Waals surface area contributed by atoms with E-state index in [1.54, 1.807) is 24.1 Å². The molecule has 0 amide bonds. The third-order valence-electron chi connectivity index (χ3n) is 5.34. The first kappa shape index (κ1) is 23.3. The first-order chi connectivity index (χ1) is 15.1. The minimum absolute atomic E-state index is 0.0253. The summed E-state index contributed by atoms with van der Waals surface area (Å²) in [6.07, 6.45) is 5.13. The zero-order valence-corrected chi connectivity index (χ0v) is 20.0. The molecule has 0 atom stereocenters. The molecule has 168 valence electrons. The lowest BCUT2D eigenvalue weighted by molar-refractivity contribution is 0.104. The minimum atomic E-state index is -0.0706. The first-order valence-electron chi connectivity index (χ1n) is 10.7. The number of rotatable bonds is 7. The van der Waals surface area contributed by atoms with Crippen LogP contribution < -0.4 is 9.47 Å². The Morgan fingerprint density at radius 3 is 2.47 bits per heavy atom. The van der Waals surface area contributed by atoms with E-state index in [4.69, 9.17) is 9.47 Å². The SMILES string of the molecule is COc1ccc(/C=C/C(=O)c2cn(C)nc2C)cc1COc1cc(C)ccc1C(C)(C)C. The van der Waals surface area contributed by atoms with Crippen LogP contribution in [0, 0.1) is 13.8 Å². The fourth-order valence-electron chi connectivity index (χ4n) is 3.64. The quantitative estimate of drug-likeness (QED) is 0.349. The molecule has 0 radical (unpaired) electrons. The van der Waals surface area contributed by atoms with Gasteiger partial charge in [0.2, 0.25) is 0 Å². The van der Waals surface area contributed by atoms with E-state index in [-0.39, 0.29) is 11.2 Å². The van der Waals surface area contributed by atoms with Crippen LogP contribution in [0.15, 0.2) is 48.7 Å². The summed E-state index contributed by atoms with van der Waals surface area (Å²) >= 11 is 0. The highest BCUT2D eigenvalue weighted by molar-refractivity contribution is 6.07. The highest BCUT2D eigenvalue weighted by Crippen LogP contribution is 2.33. The number of aryl methyl sites for hydroxylation is 3. The van der Waals surface area contributed by atoms with Crippen molar-refractivity contribution in [1.82, 2.24) is 9.78 Å². The van der Waals surface area contributed by atoms with Crippen LogP contribution in [0.5, 0.6) is 11.5 Å². The molecule has 5 heteroatoms. The van der Waals surface area contributed by atoms with E-state index >= 15 is 0 Å². The third kappa shape index (κ3) is 5.47. The largest absolute Gasteiger partial charge is 0.496 e. The molecule has 0 fully saturated rings. The van der Waals surface area contributed by atoms with Crippen LogP contribution in [0.1, 0.15) is 59.1 Å². The third-order valence-corrected chi connectivity index (χ3v) is 5.34. The summed E-state index contributed by atoms with van der Waals surface area (Å²) in [6.45, 7) is 10.8. The average Bonchev–Trinajstić information content (AvgIpc) is 3.07. The number of nitrogens with zero attached hydrogens (tertiary/aromatic N) is 2. The smallest absolute Gasteiger partial charge is 0.189 e. The van der Waals surface area contributed by atoms with Gasteiger partial charge in [-0.3, -0.25) is 9.48 Å². The van der Waals surface area contributed by atoms with Gasteiger partial charge in [0.05, 0.1) is 18.4 Å². The number of allylic oxidation sites excluding steroid dienone is 1. The normalized spacial score (nSPS) is 11.7. The van der Waals surface area contributed by atoms with Crippen LogP contribution in [0.2, 0.25) is 0 Å². The number of ketones is 1. The van der Waals surface area contributed by atoms with Crippen LogP contribution in [-0.2, 0) is 19.1 Å². The Morgan fingerprint density at radius 1 is 1.09 bits per heavy atom. The van der Waals surface area contributed by atoms with Gasteiger partial charge in [0.15, 0.2) is 5.78 Å². The Morgan fingerprint density at radius 2 is 1.84 bits per heavy atom. The fraction of sp³-hybridized carbons (Fsp3) is 0.333. The van der Waals surface area contributed by atoms with Crippen molar-refractivity contribution in [3.8, 4) is 11.5 Å². The van der Waals surface area contributed by atoms with Crippen molar-refractivity contribution >= 4 is 11.9 Å². The van der Waals surface area contributed by atoms with Crippen molar-refractivity contribution in [2.24, 2.45) is 7.05 Å². The predicted molar refractivity (Wildman–Crippen MR) is 129 cm³/mol. The van der Waals surface area contributed by atoms with Crippen molar-refractivity contribution in [1.29, 1.82) is 0 Å². The summed E-state index contributed by atoms with van der Waals surface area (Å²) in [7, 11) is 3.46. The van der Waals surface area contributed by atoms with Crippen LogP contribution in [0.25, 0.3) is 6.08 Å². The lowest BCUT2D eigenvalue weighted by Crippen LogP contribution is -2.13. The monoisotopic (exact) mass is 432 g/mol. The van der Waals surface area contributed by atoms with E-state index in [0.717, 1.165) is 39.4 Å². The van der Waals surface area contributed by atoms with Crippen molar-refractivity contribution in [2.75, 3.05) is 7.11 Å². The molecule has 0 N–H and O–H groups in total. The highest BCUT2D eigenvalue weighted by Gasteiger charge is 2.19. The van der Waals surface area contributed by atoms with Gasteiger partial charge >= 0.3 is 0 Å². The zero-order valence-electron chi connectivity index (χ0n) is 20.0. The molecular weight excluding hydrogens is 400 g/mol. The molecule has 3 aromatic rings. The number of aromatic nitrogens is 2. The summed E-state index contributed by atoms with van der Waals surface area (Å²) in [5, 5.41) is 4.24. The maximum Gasteiger partial charge on any atom is 0.189 e. The molecule has 5 nitrogen and oxygen atoms in total. The van der Waals surface area contributed by atoms with E-state index in [9.17, 15) is 4.79 Å². The molecule has 3 rings (SSSR count). The Labute approximate surface area is 190 Å². The van der Waals surface area contributed by atoms with Gasteiger partial charge in [0, 0.05) is 18.8 Å². The number of benzene rings is 2. The van der Waals surface area contributed by atoms with Crippen LogP contribution >= 0.6 is 0 Å². The van der Waals surface area contributed by atoms with Gasteiger partial charge in [0.25, 0.3) is 0 Å². The van der Waals surface area contributed by atoms with Gasteiger partial charge in [0.1, 0.15) is 18.1 Å². The molecule has 0 aliphatic heterocycles. The Balaban J connectivity index is 1.83. The van der Waals surface area contributed by atoms with E-state index in [1.807, 2.05) is 38.2 Å². The van der Waals surface area contributed by atoms with Gasteiger partial charge < -0.3 is 9.47 Å². The molecule has 0 spiro atoms. The second-order valence-electron chi connectivity index (χ2n) is 9.11. The number of hydrogen-bond donors (Lipinski definition) is 0. The number of methoxy groups -OCH3 is 1. The van der Waals surface area contributed by atoms with Gasteiger partial charge in [-0.2, -0.15) is 5.10 Å². The summed E-state index contributed by atoms with van der Waals surface area (Å²) in [5.74, 6) is 1.56. The maximum absolute atomic E-state index is 12.5. The van der Waals surface area contributed by atoms with Gasteiger partial charge in [-0.25, -0.2) is 0 Å². The molecule has 0 aliphatic rings. The van der Waals surface area contributed by atoms with E-state index < -0.39 is 0 Å². The second-order valence-corrected chi connectivity index (χ2v) is 9.11. The van der Waals surface area contributed by atoms with Crippen molar-refractivity contribution < 1.29 is 14.3 Å². The van der Waals surface area contributed by atoms with E-state index in [0.29, 0.717) is 12.2 Å². The maximum atomic E-state index is 12.5. The van der Waals surface area contributed by atoms with E-state index in [1.165, 1.54) is 0 Å². The highest BCUT2D eigenvalue weighted by atomic mass is 16.5. The van der Waals surface area contributed by atoms with Crippen LogP contribution in [0.3, 0.4) is 0 Å². The zero-order chi connectivity index (χ0) is 23.5. The molecule has 1 heterocycles. The topological polar surface area (TPSA) is 53.4 Å². The van der Waals surface area contributed by atoms with Gasteiger partial charge in [-0.15, -0.1) is 0 Å². The second kappa shape index (κ2) is 9.43. The minimum Gasteiger partial charge on any atom is -0.496 e. The summed E-state index contributed by atoms with van der Waals surface area (Å²) in [5.41, 5.74) is 5.44. The Bertz CT molecular complexity index is 1150. The molecule has 0 saturated carbocycles. The van der Waals surface area contributed by atoms with Crippen molar-refractivity contribution in [3.05, 3.63) is 82.2 Å². The lowest BCUT2D eigenvalue weighted by atomic mass is 9.86. The van der Waals surface area contributed by atoms with Crippen LogP contribution in [0.4, 0.5) is 0 Å². The van der Waals surface area contributed by atoms with Crippen LogP contribution in [-0.4, -0.2) is 22.7 Å². The summed E-state index contributed by atoms with van der Waals surface area (Å²) < 4.78 is 13.4. The number of carbonyl (C=O) groups excluding carboxylic acids is 1. The molecule has 0 bridgehead atoms. The Hall–Kier alpha value is -3.34. The summed E-state index contributed by atoms with van der Waals surface area (Å²) in [4.78, 5) is 12.5. The molecule has 0 aliphatic carbocycles. The average molecular weight is 433 g/mol. The lowest BCUT2D eigenvalue weighted by Gasteiger charge is -2.23.